The molecule has 0 saturated heterocycles. The van der Waals surface area contributed by atoms with Crippen LogP contribution in [0.15, 0.2) is 28.9 Å². The molecule has 0 aliphatic heterocycles. The molecule has 0 aliphatic rings. The van der Waals surface area contributed by atoms with E-state index in [1.165, 1.54) is 11.5 Å². The second-order valence-electron chi connectivity index (χ2n) is 4.23. The van der Waals surface area contributed by atoms with E-state index in [9.17, 15) is 0 Å². The van der Waals surface area contributed by atoms with Crippen LogP contribution in [-0.4, -0.2) is 20.4 Å². The summed E-state index contributed by atoms with van der Waals surface area (Å²) in [6.07, 6.45) is 5.46. The molecule has 6 heteroatoms. The van der Waals surface area contributed by atoms with Gasteiger partial charge in [0.25, 0.3) is 0 Å². The van der Waals surface area contributed by atoms with Crippen molar-refractivity contribution in [1.29, 1.82) is 0 Å². The Morgan fingerprint density at radius 2 is 2.26 bits per heavy atom. The average molecular weight is 294 g/mol. The van der Waals surface area contributed by atoms with Crippen molar-refractivity contribution in [2.24, 2.45) is 5.73 Å². The van der Waals surface area contributed by atoms with Crippen LogP contribution in [-0.2, 0) is 6.42 Å². The maximum Gasteiger partial charge on any atom is 0.170 e. The largest absolute Gasteiger partial charge is 0.326 e. The lowest BCUT2D eigenvalue weighted by Gasteiger charge is -2.21. The fraction of sp³-hybridized carbons (Fsp3) is 0.462. The van der Waals surface area contributed by atoms with E-state index in [0.717, 1.165) is 28.6 Å². The Morgan fingerprint density at radius 1 is 1.42 bits per heavy atom. The van der Waals surface area contributed by atoms with Crippen LogP contribution in [0, 0.1) is 0 Å². The average Bonchev–Trinajstić information content (AvgIpc) is 2.92. The second-order valence-corrected chi connectivity index (χ2v) is 6.37. The molecule has 102 valence electrons. The quantitative estimate of drug-likeness (QED) is 0.829. The van der Waals surface area contributed by atoms with E-state index in [1.54, 1.807) is 18.0 Å². The molecule has 2 rings (SSSR count). The summed E-state index contributed by atoms with van der Waals surface area (Å²) in [5, 5.41) is 0.177. The topological polar surface area (TPSA) is 64.7 Å². The Kier molecular flexibility index (Phi) is 5.30. The summed E-state index contributed by atoms with van der Waals surface area (Å²) >= 11 is 3.14. The molecule has 2 aromatic heterocycles. The first-order chi connectivity index (χ1) is 9.24. The van der Waals surface area contributed by atoms with Crippen molar-refractivity contribution < 1.29 is 0 Å². The standard InChI is InChI=1S/C13H18N4S2/c1-3-10(14)12(9-6-5-7-15-8-9)18-13-16-11(4-2)17-19-13/h5-8,10,12H,3-4,14H2,1-2H3. The Labute approximate surface area is 122 Å². The van der Waals surface area contributed by atoms with Crippen LogP contribution in [0.25, 0.3) is 0 Å². The van der Waals surface area contributed by atoms with Crippen molar-refractivity contribution in [3.63, 3.8) is 0 Å². The summed E-state index contributed by atoms with van der Waals surface area (Å²) < 4.78 is 5.30. The van der Waals surface area contributed by atoms with Crippen molar-refractivity contribution >= 4 is 23.3 Å². The molecule has 0 fully saturated rings. The van der Waals surface area contributed by atoms with Gasteiger partial charge in [0.15, 0.2) is 4.34 Å². The number of aromatic nitrogens is 3. The zero-order chi connectivity index (χ0) is 13.7. The lowest BCUT2D eigenvalue weighted by molar-refractivity contribution is 0.632. The predicted octanol–water partition coefficient (Wildman–Crippen LogP) is 3.07. The van der Waals surface area contributed by atoms with Gasteiger partial charge in [-0.25, -0.2) is 4.98 Å². The number of pyridine rings is 1. The molecule has 2 atom stereocenters. The van der Waals surface area contributed by atoms with Gasteiger partial charge in [-0.05, 0) is 29.6 Å². The second kappa shape index (κ2) is 6.98. The van der Waals surface area contributed by atoms with Gasteiger partial charge in [-0.3, -0.25) is 4.98 Å². The van der Waals surface area contributed by atoms with Crippen LogP contribution in [0.2, 0.25) is 0 Å². The minimum absolute atomic E-state index is 0.0863. The maximum atomic E-state index is 6.24. The molecule has 2 heterocycles. The van der Waals surface area contributed by atoms with Crippen LogP contribution in [0.4, 0.5) is 0 Å². The third-order valence-corrected chi connectivity index (χ3v) is 5.10. The zero-order valence-corrected chi connectivity index (χ0v) is 12.7. The van der Waals surface area contributed by atoms with E-state index in [-0.39, 0.29) is 11.3 Å². The Balaban J connectivity index is 2.19. The maximum absolute atomic E-state index is 6.24. The number of thioether (sulfide) groups is 1. The fourth-order valence-corrected chi connectivity index (χ4v) is 3.81. The SMILES string of the molecule is CCc1nsc(SC(c2cccnc2)C(N)CC)n1. The molecular weight excluding hydrogens is 276 g/mol. The lowest BCUT2D eigenvalue weighted by Crippen LogP contribution is -2.25. The number of nitrogens with two attached hydrogens (primary N) is 1. The molecule has 2 aromatic rings. The molecule has 0 saturated carbocycles. The van der Waals surface area contributed by atoms with E-state index in [4.69, 9.17) is 5.73 Å². The van der Waals surface area contributed by atoms with Gasteiger partial charge >= 0.3 is 0 Å². The number of nitrogens with zero attached hydrogens (tertiary/aromatic N) is 3. The van der Waals surface area contributed by atoms with Crippen molar-refractivity contribution in [1.82, 2.24) is 14.3 Å². The van der Waals surface area contributed by atoms with E-state index < -0.39 is 0 Å². The highest BCUT2D eigenvalue weighted by Gasteiger charge is 2.21. The molecular formula is C13H18N4S2. The Morgan fingerprint density at radius 3 is 2.84 bits per heavy atom. The van der Waals surface area contributed by atoms with Crippen molar-refractivity contribution in [3.8, 4) is 0 Å². The Bertz CT molecular complexity index is 500. The van der Waals surface area contributed by atoms with Crippen LogP contribution in [0.5, 0.6) is 0 Å². The lowest BCUT2D eigenvalue weighted by atomic mass is 10.1. The molecule has 2 N–H and O–H groups in total. The van der Waals surface area contributed by atoms with Gasteiger partial charge in [0.2, 0.25) is 0 Å². The smallest absolute Gasteiger partial charge is 0.170 e. The van der Waals surface area contributed by atoms with E-state index in [1.807, 2.05) is 12.3 Å². The molecule has 19 heavy (non-hydrogen) atoms. The van der Waals surface area contributed by atoms with E-state index >= 15 is 0 Å². The minimum atomic E-state index is 0.0863. The highest BCUT2D eigenvalue weighted by molar-refractivity contribution is 8.01. The van der Waals surface area contributed by atoms with Gasteiger partial charge in [-0.2, -0.15) is 4.37 Å². The van der Waals surface area contributed by atoms with Gasteiger partial charge < -0.3 is 5.73 Å². The highest BCUT2D eigenvalue weighted by atomic mass is 32.2. The van der Waals surface area contributed by atoms with Crippen LogP contribution in [0.1, 0.15) is 36.9 Å². The molecule has 0 bridgehead atoms. The number of hydrogen-bond donors (Lipinski definition) is 1. The highest BCUT2D eigenvalue weighted by Crippen LogP contribution is 2.38. The first-order valence-electron chi connectivity index (χ1n) is 6.39. The molecule has 0 spiro atoms. The molecule has 4 nitrogen and oxygen atoms in total. The van der Waals surface area contributed by atoms with E-state index in [0.29, 0.717) is 0 Å². The summed E-state index contributed by atoms with van der Waals surface area (Å²) in [6.45, 7) is 4.17. The number of hydrogen-bond acceptors (Lipinski definition) is 6. The van der Waals surface area contributed by atoms with Gasteiger partial charge in [-0.15, -0.1) is 0 Å². The third kappa shape index (κ3) is 3.75. The molecule has 2 unspecified atom stereocenters. The van der Waals surface area contributed by atoms with Crippen LogP contribution >= 0.6 is 23.3 Å². The fourth-order valence-electron chi connectivity index (χ4n) is 1.70. The summed E-state index contributed by atoms with van der Waals surface area (Å²) in [4.78, 5) is 8.69. The van der Waals surface area contributed by atoms with Gasteiger partial charge in [0, 0.05) is 24.9 Å². The monoisotopic (exact) mass is 294 g/mol. The van der Waals surface area contributed by atoms with Gasteiger partial charge in [-0.1, -0.05) is 31.7 Å². The number of aryl methyl sites for hydroxylation is 1. The van der Waals surface area contributed by atoms with Crippen LogP contribution < -0.4 is 5.73 Å². The summed E-state index contributed by atoms with van der Waals surface area (Å²) in [5.41, 5.74) is 7.39. The molecule has 0 radical (unpaired) electrons. The van der Waals surface area contributed by atoms with E-state index in [2.05, 4.69) is 34.3 Å². The third-order valence-electron chi connectivity index (χ3n) is 2.87. The van der Waals surface area contributed by atoms with Crippen molar-refractivity contribution in [3.05, 3.63) is 35.9 Å². The summed E-state index contributed by atoms with van der Waals surface area (Å²) in [7, 11) is 0. The number of rotatable bonds is 6. The van der Waals surface area contributed by atoms with Gasteiger partial charge in [0.05, 0.1) is 5.25 Å². The normalized spacial score (nSPS) is 14.3. The molecule has 0 amide bonds. The minimum Gasteiger partial charge on any atom is -0.326 e. The summed E-state index contributed by atoms with van der Waals surface area (Å²) in [6, 6.07) is 4.10. The predicted molar refractivity (Wildman–Crippen MR) is 80.4 cm³/mol. The first-order valence-corrected chi connectivity index (χ1v) is 8.04. The summed E-state index contributed by atoms with van der Waals surface area (Å²) in [5.74, 6) is 0.905. The van der Waals surface area contributed by atoms with Crippen molar-refractivity contribution in [2.75, 3.05) is 0 Å². The molecule has 0 aromatic carbocycles. The zero-order valence-electron chi connectivity index (χ0n) is 11.1. The van der Waals surface area contributed by atoms with Crippen LogP contribution in [0.3, 0.4) is 0 Å². The molecule has 0 aliphatic carbocycles. The first kappa shape index (κ1) is 14.4. The Hall–Kier alpha value is -0.980. The van der Waals surface area contributed by atoms with Crippen molar-refractivity contribution in [2.45, 2.75) is 42.3 Å². The van der Waals surface area contributed by atoms with Gasteiger partial charge in [0.1, 0.15) is 5.82 Å².